The van der Waals surface area contributed by atoms with Crippen LogP contribution in [0.4, 0.5) is 0 Å². The minimum atomic E-state index is -0.147. The van der Waals surface area contributed by atoms with E-state index in [0.717, 1.165) is 35.7 Å². The number of piperidine rings is 1. The summed E-state index contributed by atoms with van der Waals surface area (Å²) in [6.45, 7) is 0.875. The molecule has 0 aromatic heterocycles. The van der Waals surface area contributed by atoms with Gasteiger partial charge in [0.05, 0.1) is 11.1 Å². The number of nitrogens with one attached hydrogen (secondary N) is 1. The lowest BCUT2D eigenvalue weighted by Crippen LogP contribution is -2.41. The van der Waals surface area contributed by atoms with Crippen LogP contribution in [0.25, 0.3) is 10.8 Å². The van der Waals surface area contributed by atoms with E-state index < -0.39 is 0 Å². The van der Waals surface area contributed by atoms with E-state index in [1.165, 1.54) is 0 Å². The van der Waals surface area contributed by atoms with Crippen LogP contribution in [0.15, 0.2) is 54.6 Å². The first kappa shape index (κ1) is 17.5. The number of halogens is 2. The third-order valence-corrected chi connectivity index (χ3v) is 5.66. The van der Waals surface area contributed by atoms with E-state index in [1.54, 1.807) is 6.07 Å². The van der Waals surface area contributed by atoms with Crippen molar-refractivity contribution in [3.05, 3.63) is 70.2 Å². The lowest BCUT2D eigenvalue weighted by Gasteiger charge is -2.34. The van der Waals surface area contributed by atoms with Crippen LogP contribution >= 0.6 is 23.2 Å². The Morgan fingerprint density at radius 1 is 1.00 bits per heavy atom. The van der Waals surface area contributed by atoms with Crippen molar-refractivity contribution >= 4 is 34.0 Å². The van der Waals surface area contributed by atoms with Crippen molar-refractivity contribution in [2.45, 2.75) is 25.0 Å². The average Bonchev–Trinajstić information content (AvgIpc) is 2.67. The predicted molar refractivity (Wildman–Crippen MR) is 106 cm³/mol. The van der Waals surface area contributed by atoms with Crippen LogP contribution in [0.1, 0.15) is 24.4 Å². The van der Waals surface area contributed by atoms with Gasteiger partial charge in [-0.05, 0) is 36.9 Å². The van der Waals surface area contributed by atoms with Crippen LogP contribution in [0.3, 0.4) is 0 Å². The minimum absolute atomic E-state index is 0.122. The van der Waals surface area contributed by atoms with E-state index in [0.29, 0.717) is 21.5 Å². The van der Waals surface area contributed by atoms with Gasteiger partial charge in [0.2, 0.25) is 0 Å². The van der Waals surface area contributed by atoms with Crippen LogP contribution in [0.5, 0.6) is 11.5 Å². The van der Waals surface area contributed by atoms with Gasteiger partial charge in [0.25, 0.3) is 0 Å². The molecule has 0 aliphatic carbocycles. The van der Waals surface area contributed by atoms with Crippen molar-refractivity contribution in [2.75, 3.05) is 6.54 Å². The van der Waals surface area contributed by atoms with E-state index in [9.17, 15) is 5.11 Å². The maximum Gasteiger partial charge on any atom is 0.139 e. The highest BCUT2D eigenvalue weighted by Gasteiger charge is 2.31. The molecule has 2 atom stereocenters. The van der Waals surface area contributed by atoms with Gasteiger partial charge in [-0.25, -0.2) is 0 Å². The molecule has 3 aromatic rings. The fraction of sp³-hybridized carbons (Fsp3) is 0.238. The molecule has 4 rings (SSSR count). The van der Waals surface area contributed by atoms with Crippen LogP contribution in [-0.4, -0.2) is 17.8 Å². The quantitative estimate of drug-likeness (QED) is 0.603. The highest BCUT2D eigenvalue weighted by atomic mass is 35.5. The number of aromatic hydroxyl groups is 1. The number of hydrogen-bond acceptors (Lipinski definition) is 3. The normalized spacial score (nSPS) is 20.2. The summed E-state index contributed by atoms with van der Waals surface area (Å²) in [5, 5.41) is 17.1. The number of benzene rings is 3. The summed E-state index contributed by atoms with van der Waals surface area (Å²) in [7, 11) is 0. The van der Waals surface area contributed by atoms with Gasteiger partial charge in [-0.1, -0.05) is 65.7 Å². The lowest BCUT2D eigenvalue weighted by molar-refractivity contribution is 0.119. The zero-order chi connectivity index (χ0) is 18.1. The summed E-state index contributed by atoms with van der Waals surface area (Å²) in [6, 6.07) is 17.1. The van der Waals surface area contributed by atoms with E-state index in [-0.39, 0.29) is 12.1 Å². The highest BCUT2D eigenvalue weighted by Crippen LogP contribution is 2.39. The Labute approximate surface area is 162 Å². The molecule has 26 heavy (non-hydrogen) atoms. The fourth-order valence-corrected chi connectivity index (χ4v) is 3.89. The molecule has 2 N–H and O–H groups in total. The second-order valence-electron chi connectivity index (χ2n) is 6.51. The van der Waals surface area contributed by atoms with Gasteiger partial charge < -0.3 is 15.2 Å². The van der Waals surface area contributed by atoms with Crippen molar-refractivity contribution in [1.82, 2.24) is 5.32 Å². The van der Waals surface area contributed by atoms with E-state index in [1.807, 2.05) is 48.5 Å². The molecule has 3 aromatic carbocycles. The molecule has 0 spiro atoms. The molecule has 0 radical (unpaired) electrons. The first-order chi connectivity index (χ1) is 12.6. The summed E-state index contributed by atoms with van der Waals surface area (Å²) in [5.74, 6) is 0.867. The Morgan fingerprint density at radius 3 is 2.73 bits per heavy atom. The number of phenols is 1. The molecule has 0 bridgehead atoms. The maximum absolute atomic E-state index is 10.8. The lowest BCUT2D eigenvalue weighted by atomic mass is 9.92. The van der Waals surface area contributed by atoms with Gasteiger partial charge in [-0.2, -0.15) is 0 Å². The Balaban J connectivity index is 1.70. The SMILES string of the molecule is Oc1c(C2NCCCC2Oc2cccc(Cl)c2Cl)ccc2ccccc12. The largest absolute Gasteiger partial charge is 0.507 e. The zero-order valence-corrected chi connectivity index (χ0v) is 15.6. The summed E-state index contributed by atoms with van der Waals surface area (Å²) < 4.78 is 6.21. The number of ether oxygens (including phenoxy) is 1. The summed E-state index contributed by atoms with van der Waals surface area (Å²) >= 11 is 12.4. The van der Waals surface area contributed by atoms with Gasteiger partial charge in [0, 0.05) is 10.9 Å². The highest BCUT2D eigenvalue weighted by molar-refractivity contribution is 6.42. The monoisotopic (exact) mass is 387 g/mol. The standard InChI is InChI=1S/C21H19Cl2NO2/c22-16-7-3-8-17(19(16)23)26-18-9-4-12-24-20(18)15-11-10-13-5-1-2-6-14(13)21(15)25/h1-3,5-8,10-11,18,20,24-25H,4,9,12H2. The minimum Gasteiger partial charge on any atom is -0.507 e. The van der Waals surface area contributed by atoms with Gasteiger partial charge in [0.15, 0.2) is 0 Å². The molecule has 1 aliphatic rings. The molecule has 1 fully saturated rings. The number of rotatable bonds is 3. The molecular formula is C21H19Cl2NO2. The van der Waals surface area contributed by atoms with Crippen molar-refractivity contribution in [3.8, 4) is 11.5 Å². The van der Waals surface area contributed by atoms with Crippen LogP contribution in [0, 0.1) is 0 Å². The summed E-state index contributed by atoms with van der Waals surface area (Å²) in [4.78, 5) is 0. The molecule has 1 saturated heterocycles. The van der Waals surface area contributed by atoms with E-state index in [4.69, 9.17) is 27.9 Å². The molecule has 0 saturated carbocycles. The molecule has 134 valence electrons. The van der Waals surface area contributed by atoms with Crippen molar-refractivity contribution < 1.29 is 9.84 Å². The zero-order valence-electron chi connectivity index (χ0n) is 14.1. The third kappa shape index (κ3) is 3.23. The van der Waals surface area contributed by atoms with Gasteiger partial charge in [0.1, 0.15) is 22.6 Å². The number of fused-ring (bicyclic) bond motifs is 1. The smallest absolute Gasteiger partial charge is 0.139 e. The maximum atomic E-state index is 10.8. The van der Waals surface area contributed by atoms with Crippen molar-refractivity contribution in [2.24, 2.45) is 0 Å². The molecule has 2 unspecified atom stereocenters. The third-order valence-electron chi connectivity index (χ3n) is 4.86. The van der Waals surface area contributed by atoms with Crippen LogP contribution in [0.2, 0.25) is 10.0 Å². The number of phenolic OH excluding ortho intramolecular Hbond substituents is 1. The van der Waals surface area contributed by atoms with E-state index in [2.05, 4.69) is 5.32 Å². The first-order valence-corrected chi connectivity index (χ1v) is 9.45. The second kappa shape index (κ2) is 7.36. The predicted octanol–water partition coefficient (Wildman–Crippen LogP) is 5.72. The van der Waals surface area contributed by atoms with Crippen LogP contribution in [-0.2, 0) is 0 Å². The van der Waals surface area contributed by atoms with Crippen LogP contribution < -0.4 is 10.1 Å². The average molecular weight is 388 g/mol. The molecule has 0 amide bonds. The van der Waals surface area contributed by atoms with Gasteiger partial charge in [-0.3, -0.25) is 0 Å². The number of hydrogen-bond donors (Lipinski definition) is 2. The topological polar surface area (TPSA) is 41.5 Å². The molecular weight excluding hydrogens is 369 g/mol. The first-order valence-electron chi connectivity index (χ1n) is 8.70. The van der Waals surface area contributed by atoms with Gasteiger partial charge in [-0.15, -0.1) is 0 Å². The Bertz CT molecular complexity index is 944. The van der Waals surface area contributed by atoms with Gasteiger partial charge >= 0.3 is 0 Å². The molecule has 5 heteroatoms. The Morgan fingerprint density at radius 2 is 1.85 bits per heavy atom. The second-order valence-corrected chi connectivity index (χ2v) is 7.29. The van der Waals surface area contributed by atoms with Crippen molar-refractivity contribution in [3.63, 3.8) is 0 Å². The van der Waals surface area contributed by atoms with Crippen molar-refractivity contribution in [1.29, 1.82) is 0 Å². The summed E-state index contributed by atoms with van der Waals surface area (Å²) in [5.41, 5.74) is 0.839. The fourth-order valence-electron chi connectivity index (χ4n) is 3.56. The Hall–Kier alpha value is -1.94. The molecule has 1 heterocycles. The molecule has 1 aliphatic heterocycles. The van der Waals surface area contributed by atoms with E-state index >= 15 is 0 Å². The Kier molecular flexibility index (Phi) is 4.94. The molecule has 3 nitrogen and oxygen atoms in total. The summed E-state index contributed by atoms with van der Waals surface area (Å²) in [6.07, 6.45) is 1.72.